The van der Waals surface area contributed by atoms with Crippen LogP contribution >= 0.6 is 27.7 Å². The smallest absolute Gasteiger partial charge is 0.214 e. The van der Waals surface area contributed by atoms with E-state index in [1.165, 1.54) is 12.8 Å². The summed E-state index contributed by atoms with van der Waals surface area (Å²) in [6.45, 7) is 0.514. The Hall–Kier alpha value is -0.920. The Labute approximate surface area is 117 Å². The largest absolute Gasteiger partial charge is 0.326 e. The number of rotatable bonds is 4. The average Bonchev–Trinajstić information content (AvgIpc) is 3.11. The first-order valence-electron chi connectivity index (χ1n) is 5.72. The van der Waals surface area contributed by atoms with Gasteiger partial charge in [0.1, 0.15) is 0 Å². The van der Waals surface area contributed by atoms with Gasteiger partial charge in [-0.1, -0.05) is 22.0 Å². The lowest BCUT2D eigenvalue weighted by Crippen LogP contribution is -2.01. The van der Waals surface area contributed by atoms with Gasteiger partial charge in [0.15, 0.2) is 0 Å². The van der Waals surface area contributed by atoms with Crippen molar-refractivity contribution in [1.82, 2.24) is 20.2 Å². The molecule has 1 saturated carbocycles. The Bertz CT molecular complexity index is 566. The molecule has 1 fully saturated rings. The molecule has 7 heteroatoms. The van der Waals surface area contributed by atoms with E-state index in [9.17, 15) is 0 Å². The SMILES string of the molecule is NCc1ccc(Br)cc1Sc1nnnn1C1CC1. The second-order valence-electron chi connectivity index (χ2n) is 4.20. The van der Waals surface area contributed by atoms with Crippen molar-refractivity contribution in [3.05, 3.63) is 28.2 Å². The van der Waals surface area contributed by atoms with Crippen LogP contribution in [-0.2, 0) is 6.54 Å². The van der Waals surface area contributed by atoms with Crippen molar-refractivity contribution in [2.24, 2.45) is 5.73 Å². The minimum atomic E-state index is 0.482. The van der Waals surface area contributed by atoms with Gasteiger partial charge < -0.3 is 5.73 Å². The number of benzene rings is 1. The summed E-state index contributed by atoms with van der Waals surface area (Å²) in [5.41, 5.74) is 6.86. The van der Waals surface area contributed by atoms with Gasteiger partial charge in [-0.3, -0.25) is 0 Å². The quantitative estimate of drug-likeness (QED) is 0.934. The number of hydrogen-bond donors (Lipinski definition) is 1. The number of aromatic nitrogens is 4. The molecule has 0 unspecified atom stereocenters. The van der Waals surface area contributed by atoms with Gasteiger partial charge in [0, 0.05) is 15.9 Å². The summed E-state index contributed by atoms with van der Waals surface area (Å²) in [5.74, 6) is 0. The van der Waals surface area contributed by atoms with E-state index in [0.717, 1.165) is 20.1 Å². The highest BCUT2D eigenvalue weighted by Gasteiger charge is 2.28. The molecule has 0 bridgehead atoms. The van der Waals surface area contributed by atoms with E-state index in [2.05, 4.69) is 37.5 Å². The molecule has 0 aliphatic heterocycles. The molecular formula is C11H12BrN5S. The zero-order valence-corrected chi connectivity index (χ0v) is 12.0. The average molecular weight is 326 g/mol. The van der Waals surface area contributed by atoms with E-state index in [1.807, 2.05) is 16.8 Å². The zero-order chi connectivity index (χ0) is 12.5. The van der Waals surface area contributed by atoms with Crippen LogP contribution in [0.15, 0.2) is 32.7 Å². The highest BCUT2D eigenvalue weighted by Crippen LogP contribution is 2.39. The van der Waals surface area contributed by atoms with Crippen molar-refractivity contribution in [2.45, 2.75) is 35.5 Å². The van der Waals surface area contributed by atoms with Crippen LogP contribution in [0.25, 0.3) is 0 Å². The highest BCUT2D eigenvalue weighted by molar-refractivity contribution is 9.10. The number of halogens is 1. The summed E-state index contributed by atoms with van der Waals surface area (Å²) >= 11 is 5.05. The topological polar surface area (TPSA) is 69.6 Å². The maximum Gasteiger partial charge on any atom is 0.214 e. The third-order valence-electron chi connectivity index (χ3n) is 2.81. The first-order chi connectivity index (χ1) is 8.78. The molecule has 0 atom stereocenters. The molecule has 18 heavy (non-hydrogen) atoms. The molecule has 3 rings (SSSR count). The van der Waals surface area contributed by atoms with Crippen LogP contribution in [0, 0.1) is 0 Å². The monoisotopic (exact) mass is 325 g/mol. The standard InChI is InChI=1S/C11H12BrN5S/c12-8-2-1-7(6-13)10(5-8)18-11-14-15-16-17(11)9-3-4-9/h1-2,5,9H,3-4,6,13H2. The van der Waals surface area contributed by atoms with Gasteiger partial charge in [0.2, 0.25) is 5.16 Å². The van der Waals surface area contributed by atoms with Crippen molar-refractivity contribution in [2.75, 3.05) is 0 Å². The molecule has 0 radical (unpaired) electrons. The van der Waals surface area contributed by atoms with Crippen molar-refractivity contribution < 1.29 is 0 Å². The predicted molar refractivity (Wildman–Crippen MR) is 72.2 cm³/mol. The fraction of sp³-hybridized carbons (Fsp3) is 0.364. The molecule has 0 spiro atoms. The summed E-state index contributed by atoms with van der Waals surface area (Å²) in [6, 6.07) is 6.56. The van der Waals surface area contributed by atoms with Crippen LogP contribution in [0.4, 0.5) is 0 Å². The third kappa shape index (κ3) is 2.43. The van der Waals surface area contributed by atoms with E-state index in [-0.39, 0.29) is 0 Å². The Balaban J connectivity index is 1.91. The number of nitrogens with two attached hydrogens (primary N) is 1. The maximum atomic E-state index is 5.75. The molecule has 1 aliphatic rings. The Kier molecular flexibility index (Phi) is 3.36. The predicted octanol–water partition coefficient (Wildman–Crippen LogP) is 2.38. The molecule has 2 aromatic rings. The van der Waals surface area contributed by atoms with Crippen molar-refractivity contribution in [3.63, 3.8) is 0 Å². The minimum Gasteiger partial charge on any atom is -0.326 e. The Morgan fingerprint density at radius 1 is 1.44 bits per heavy atom. The van der Waals surface area contributed by atoms with Gasteiger partial charge in [-0.2, -0.15) is 0 Å². The van der Waals surface area contributed by atoms with Gasteiger partial charge in [0.25, 0.3) is 0 Å². The van der Waals surface area contributed by atoms with Crippen LogP contribution in [0.1, 0.15) is 24.4 Å². The van der Waals surface area contributed by atoms with Gasteiger partial charge in [-0.25, -0.2) is 4.68 Å². The number of tetrazole rings is 1. The van der Waals surface area contributed by atoms with Crippen LogP contribution in [-0.4, -0.2) is 20.2 Å². The molecule has 1 aromatic carbocycles. The first kappa shape index (κ1) is 12.1. The fourth-order valence-electron chi connectivity index (χ4n) is 1.69. The van der Waals surface area contributed by atoms with Crippen LogP contribution < -0.4 is 5.73 Å². The Morgan fingerprint density at radius 2 is 2.28 bits per heavy atom. The summed E-state index contributed by atoms with van der Waals surface area (Å²) in [6.07, 6.45) is 2.33. The van der Waals surface area contributed by atoms with Gasteiger partial charge >= 0.3 is 0 Å². The molecule has 0 amide bonds. The third-order valence-corrected chi connectivity index (χ3v) is 4.35. The molecular weight excluding hydrogens is 314 g/mol. The molecule has 5 nitrogen and oxygen atoms in total. The van der Waals surface area contributed by atoms with Crippen molar-refractivity contribution in [1.29, 1.82) is 0 Å². The van der Waals surface area contributed by atoms with E-state index in [4.69, 9.17) is 5.73 Å². The Morgan fingerprint density at radius 3 is 3.00 bits per heavy atom. The summed E-state index contributed by atoms with van der Waals surface area (Å²) in [5, 5.41) is 12.7. The molecule has 94 valence electrons. The van der Waals surface area contributed by atoms with E-state index in [0.29, 0.717) is 12.6 Å². The molecule has 2 N–H and O–H groups in total. The molecule has 0 saturated heterocycles. The fourth-order valence-corrected chi connectivity index (χ4v) is 3.23. The van der Waals surface area contributed by atoms with Crippen LogP contribution in [0.5, 0.6) is 0 Å². The van der Waals surface area contributed by atoms with Crippen LogP contribution in [0.3, 0.4) is 0 Å². The normalized spacial score (nSPS) is 15.0. The van der Waals surface area contributed by atoms with Crippen molar-refractivity contribution >= 4 is 27.7 Å². The van der Waals surface area contributed by atoms with Gasteiger partial charge in [-0.15, -0.1) is 5.10 Å². The maximum absolute atomic E-state index is 5.75. The summed E-state index contributed by atoms with van der Waals surface area (Å²) < 4.78 is 2.94. The summed E-state index contributed by atoms with van der Waals surface area (Å²) in [7, 11) is 0. The van der Waals surface area contributed by atoms with Gasteiger partial charge in [-0.05, 0) is 52.7 Å². The molecule has 1 aromatic heterocycles. The zero-order valence-electron chi connectivity index (χ0n) is 9.58. The lowest BCUT2D eigenvalue weighted by atomic mass is 10.2. The van der Waals surface area contributed by atoms with E-state index in [1.54, 1.807) is 11.8 Å². The van der Waals surface area contributed by atoms with E-state index >= 15 is 0 Å². The lowest BCUT2D eigenvalue weighted by molar-refractivity contribution is 0.565. The van der Waals surface area contributed by atoms with Gasteiger partial charge in [0.05, 0.1) is 6.04 Å². The molecule has 1 aliphatic carbocycles. The summed E-state index contributed by atoms with van der Waals surface area (Å²) in [4.78, 5) is 1.10. The second kappa shape index (κ2) is 4.99. The second-order valence-corrected chi connectivity index (χ2v) is 6.12. The highest BCUT2D eigenvalue weighted by atomic mass is 79.9. The number of nitrogens with zero attached hydrogens (tertiary/aromatic N) is 4. The molecule has 1 heterocycles. The lowest BCUT2D eigenvalue weighted by Gasteiger charge is -2.07. The van der Waals surface area contributed by atoms with Crippen molar-refractivity contribution in [3.8, 4) is 0 Å². The van der Waals surface area contributed by atoms with Crippen LogP contribution in [0.2, 0.25) is 0 Å². The van der Waals surface area contributed by atoms with E-state index < -0.39 is 0 Å². The number of hydrogen-bond acceptors (Lipinski definition) is 5. The first-order valence-corrected chi connectivity index (χ1v) is 7.33. The minimum absolute atomic E-state index is 0.482.